The van der Waals surface area contributed by atoms with Gasteiger partial charge in [-0.15, -0.1) is 0 Å². The van der Waals surface area contributed by atoms with E-state index in [1.54, 1.807) is 0 Å². The van der Waals surface area contributed by atoms with Crippen LogP contribution < -0.4 is 4.72 Å². The molecule has 9 heteroatoms. The highest BCUT2D eigenvalue weighted by molar-refractivity contribution is 7.89. The quantitative estimate of drug-likeness (QED) is 0.834. The second kappa shape index (κ2) is 5.99. The van der Waals surface area contributed by atoms with E-state index in [0.717, 1.165) is 6.07 Å². The number of rotatable bonds is 4. The third kappa shape index (κ3) is 3.33. The number of nitriles is 1. The van der Waals surface area contributed by atoms with Crippen LogP contribution in [0.4, 0.5) is 0 Å². The molecule has 0 aromatic heterocycles. The van der Waals surface area contributed by atoms with Crippen molar-refractivity contribution in [1.29, 1.82) is 5.26 Å². The first-order valence-electron chi connectivity index (χ1n) is 5.87. The highest BCUT2D eigenvalue weighted by atomic mass is 35.5. The maximum absolute atomic E-state index is 12.3. The van der Waals surface area contributed by atoms with E-state index in [1.807, 2.05) is 6.07 Å². The number of carboxylic acids is 1. The second-order valence-corrected chi connectivity index (χ2v) is 6.56. The number of ether oxygens (including phenoxy) is 1. The molecule has 21 heavy (non-hydrogen) atoms. The monoisotopic (exact) mass is 330 g/mol. The maximum Gasteiger partial charge on any atom is 0.310 e. The molecule has 1 aliphatic rings. The Balaban J connectivity index is 2.31. The molecular weight excluding hydrogens is 320 g/mol. The van der Waals surface area contributed by atoms with Gasteiger partial charge in [0.05, 0.1) is 41.8 Å². The third-order valence-electron chi connectivity index (χ3n) is 3.05. The minimum atomic E-state index is -4.05. The molecule has 1 aromatic rings. The Bertz CT molecular complexity index is 713. The fourth-order valence-corrected chi connectivity index (χ4v) is 3.74. The fraction of sp³-hybridized carbons (Fsp3) is 0.333. The number of benzene rings is 1. The molecule has 2 rings (SSSR count). The van der Waals surface area contributed by atoms with E-state index in [9.17, 15) is 13.2 Å². The maximum atomic E-state index is 12.3. The first-order valence-corrected chi connectivity index (χ1v) is 7.74. The van der Waals surface area contributed by atoms with E-state index in [4.69, 9.17) is 26.7 Å². The van der Waals surface area contributed by atoms with E-state index < -0.39 is 28.0 Å². The van der Waals surface area contributed by atoms with E-state index in [0.29, 0.717) is 0 Å². The second-order valence-electron chi connectivity index (χ2n) is 4.47. The van der Waals surface area contributed by atoms with Crippen molar-refractivity contribution in [3.05, 3.63) is 28.8 Å². The smallest absolute Gasteiger partial charge is 0.310 e. The molecule has 1 heterocycles. The van der Waals surface area contributed by atoms with Crippen LogP contribution in [0.5, 0.6) is 0 Å². The van der Waals surface area contributed by atoms with Crippen LogP contribution in [-0.2, 0) is 19.6 Å². The molecule has 2 N–H and O–H groups in total. The molecular formula is C12H11ClN2O5S. The van der Waals surface area contributed by atoms with E-state index in [2.05, 4.69) is 4.72 Å². The van der Waals surface area contributed by atoms with Gasteiger partial charge in [-0.2, -0.15) is 5.26 Å². The molecule has 0 spiro atoms. The van der Waals surface area contributed by atoms with Gasteiger partial charge in [-0.3, -0.25) is 4.79 Å². The first kappa shape index (κ1) is 15.7. The van der Waals surface area contributed by atoms with Crippen LogP contribution in [0.2, 0.25) is 5.02 Å². The summed E-state index contributed by atoms with van der Waals surface area (Å²) in [5.41, 5.74) is 0.136. The Kier molecular flexibility index (Phi) is 4.49. The van der Waals surface area contributed by atoms with Gasteiger partial charge in [0.2, 0.25) is 10.0 Å². The summed E-state index contributed by atoms with van der Waals surface area (Å²) >= 11 is 5.85. The SMILES string of the molecule is N#Cc1ccc(Cl)c(S(=O)(=O)NC2COCC2C(=O)O)c1. The van der Waals surface area contributed by atoms with Crippen molar-refractivity contribution in [2.75, 3.05) is 13.2 Å². The lowest BCUT2D eigenvalue weighted by Crippen LogP contribution is -2.42. The number of hydrogen-bond donors (Lipinski definition) is 2. The molecule has 2 unspecified atom stereocenters. The van der Waals surface area contributed by atoms with Crippen molar-refractivity contribution >= 4 is 27.6 Å². The van der Waals surface area contributed by atoms with Crippen LogP contribution in [0.25, 0.3) is 0 Å². The molecule has 1 fully saturated rings. The minimum absolute atomic E-state index is 0.0360. The van der Waals surface area contributed by atoms with Crippen LogP contribution in [0.15, 0.2) is 23.1 Å². The summed E-state index contributed by atoms with van der Waals surface area (Å²) in [6, 6.07) is 4.76. The van der Waals surface area contributed by atoms with Crippen molar-refractivity contribution < 1.29 is 23.1 Å². The van der Waals surface area contributed by atoms with E-state index in [-0.39, 0.29) is 28.7 Å². The number of halogens is 1. The molecule has 1 aliphatic heterocycles. The molecule has 1 saturated heterocycles. The Labute approximate surface area is 126 Å². The average Bonchev–Trinajstić information content (AvgIpc) is 2.86. The summed E-state index contributed by atoms with van der Waals surface area (Å²) in [4.78, 5) is 10.8. The molecule has 0 bridgehead atoms. The number of hydrogen-bond acceptors (Lipinski definition) is 5. The molecule has 0 saturated carbocycles. The van der Waals surface area contributed by atoms with Gasteiger partial charge in [0, 0.05) is 0 Å². The normalized spacial score (nSPS) is 21.9. The Hall–Kier alpha value is -1.66. The van der Waals surface area contributed by atoms with Crippen LogP contribution >= 0.6 is 11.6 Å². The predicted octanol–water partition coefficient (Wildman–Crippen LogP) is 0.590. The molecule has 7 nitrogen and oxygen atoms in total. The number of carboxylic acid groups (broad SMARTS) is 1. The zero-order valence-corrected chi connectivity index (χ0v) is 12.2. The van der Waals surface area contributed by atoms with Crippen LogP contribution in [0.3, 0.4) is 0 Å². The molecule has 0 aliphatic carbocycles. The first-order chi connectivity index (χ1) is 9.85. The van der Waals surface area contributed by atoms with Gasteiger partial charge in [-0.05, 0) is 18.2 Å². The lowest BCUT2D eigenvalue weighted by atomic mass is 10.1. The number of nitrogens with one attached hydrogen (secondary N) is 1. The van der Waals surface area contributed by atoms with Gasteiger partial charge >= 0.3 is 5.97 Å². The largest absolute Gasteiger partial charge is 0.481 e. The highest BCUT2D eigenvalue weighted by Gasteiger charge is 2.37. The van der Waals surface area contributed by atoms with Gasteiger partial charge in [-0.25, -0.2) is 13.1 Å². The summed E-state index contributed by atoms with van der Waals surface area (Å²) in [7, 11) is -4.05. The zero-order chi connectivity index (χ0) is 15.6. The van der Waals surface area contributed by atoms with Crippen molar-refractivity contribution in [2.45, 2.75) is 10.9 Å². The summed E-state index contributed by atoms with van der Waals surface area (Å²) in [6.45, 7) is -0.0970. The Morgan fingerprint density at radius 1 is 1.48 bits per heavy atom. The van der Waals surface area contributed by atoms with Crippen molar-refractivity contribution in [3.63, 3.8) is 0 Å². The summed E-state index contributed by atoms with van der Waals surface area (Å²) < 4.78 is 31.8. The molecule has 0 radical (unpaired) electrons. The van der Waals surface area contributed by atoms with Crippen molar-refractivity contribution in [1.82, 2.24) is 4.72 Å². The average molecular weight is 331 g/mol. The van der Waals surface area contributed by atoms with Gasteiger partial charge in [0.1, 0.15) is 4.90 Å². The molecule has 112 valence electrons. The lowest BCUT2D eigenvalue weighted by Gasteiger charge is -2.16. The van der Waals surface area contributed by atoms with E-state index >= 15 is 0 Å². The highest BCUT2D eigenvalue weighted by Crippen LogP contribution is 2.24. The number of carbonyl (C=O) groups is 1. The van der Waals surface area contributed by atoms with Crippen LogP contribution in [0.1, 0.15) is 5.56 Å². The topological polar surface area (TPSA) is 116 Å². The Morgan fingerprint density at radius 3 is 2.81 bits per heavy atom. The van der Waals surface area contributed by atoms with Crippen molar-refractivity contribution in [2.24, 2.45) is 5.92 Å². The third-order valence-corrected chi connectivity index (χ3v) is 5.03. The Morgan fingerprint density at radius 2 is 2.19 bits per heavy atom. The molecule has 2 atom stereocenters. The van der Waals surface area contributed by atoms with E-state index in [1.165, 1.54) is 12.1 Å². The number of nitrogens with zero attached hydrogens (tertiary/aromatic N) is 1. The van der Waals surface area contributed by atoms with Crippen LogP contribution in [0, 0.1) is 17.2 Å². The van der Waals surface area contributed by atoms with Gasteiger partial charge < -0.3 is 9.84 Å². The lowest BCUT2D eigenvalue weighted by molar-refractivity contribution is -0.142. The van der Waals surface area contributed by atoms with Crippen LogP contribution in [-0.4, -0.2) is 38.7 Å². The summed E-state index contributed by atoms with van der Waals surface area (Å²) in [6.07, 6.45) is 0. The minimum Gasteiger partial charge on any atom is -0.481 e. The number of sulfonamides is 1. The van der Waals surface area contributed by atoms with Gasteiger partial charge in [0.15, 0.2) is 0 Å². The molecule has 0 amide bonds. The van der Waals surface area contributed by atoms with Gasteiger partial charge in [0.25, 0.3) is 0 Å². The summed E-state index contributed by atoms with van der Waals surface area (Å²) in [5.74, 6) is -2.10. The summed E-state index contributed by atoms with van der Waals surface area (Å²) in [5, 5.41) is 17.8. The van der Waals surface area contributed by atoms with Gasteiger partial charge in [-0.1, -0.05) is 11.6 Å². The van der Waals surface area contributed by atoms with Crippen molar-refractivity contribution in [3.8, 4) is 6.07 Å². The zero-order valence-electron chi connectivity index (χ0n) is 10.6. The standard InChI is InChI=1S/C12H11ClN2O5S/c13-9-2-1-7(4-14)3-11(9)21(18,19)15-10-6-20-5-8(10)12(16)17/h1-3,8,10,15H,5-6H2,(H,16,17). The predicted molar refractivity (Wildman–Crippen MR) is 72.2 cm³/mol. The number of aliphatic carboxylic acids is 1. The molecule has 1 aromatic carbocycles. The fourth-order valence-electron chi connectivity index (χ4n) is 1.96.